The van der Waals surface area contributed by atoms with Gasteiger partial charge in [-0.1, -0.05) is 48.6 Å². The first-order chi connectivity index (χ1) is 10.6. The molecule has 1 aliphatic rings. The quantitative estimate of drug-likeness (QED) is 0.808. The topological polar surface area (TPSA) is 37.4 Å². The maximum Gasteiger partial charge on any atom is 0.261 e. The van der Waals surface area contributed by atoms with Gasteiger partial charge in [-0.3, -0.25) is 14.5 Å². The molecule has 1 aliphatic heterocycles. The van der Waals surface area contributed by atoms with Crippen LogP contribution in [0.5, 0.6) is 0 Å². The van der Waals surface area contributed by atoms with Crippen LogP contribution in [0.15, 0.2) is 55.1 Å². The molecule has 0 bridgehead atoms. The summed E-state index contributed by atoms with van der Waals surface area (Å²) in [5.74, 6) is -0.390. The van der Waals surface area contributed by atoms with Crippen molar-refractivity contribution in [3.63, 3.8) is 0 Å². The number of hydrogen-bond acceptors (Lipinski definition) is 2. The lowest BCUT2D eigenvalue weighted by Crippen LogP contribution is -2.31. The van der Waals surface area contributed by atoms with E-state index in [0.717, 1.165) is 16.7 Å². The van der Waals surface area contributed by atoms with E-state index in [0.29, 0.717) is 24.1 Å². The van der Waals surface area contributed by atoms with Crippen LogP contribution in [0.25, 0.3) is 5.57 Å². The minimum Gasteiger partial charge on any atom is -0.274 e. The van der Waals surface area contributed by atoms with Gasteiger partial charge in [0.05, 0.1) is 11.1 Å². The Morgan fingerprint density at radius 3 is 2.00 bits per heavy atom. The zero-order chi connectivity index (χ0) is 15.7. The summed E-state index contributed by atoms with van der Waals surface area (Å²) in [7, 11) is 0. The highest BCUT2D eigenvalue weighted by atomic mass is 16.2. The molecule has 0 saturated heterocycles. The molecule has 2 aromatic rings. The number of hydrogen-bond donors (Lipinski definition) is 0. The van der Waals surface area contributed by atoms with Crippen molar-refractivity contribution in [2.75, 3.05) is 6.54 Å². The Balaban J connectivity index is 1.71. The molecule has 0 spiro atoms. The second-order valence-electron chi connectivity index (χ2n) is 5.53. The largest absolute Gasteiger partial charge is 0.274 e. The van der Waals surface area contributed by atoms with E-state index in [1.165, 1.54) is 4.90 Å². The van der Waals surface area contributed by atoms with Crippen molar-refractivity contribution in [2.24, 2.45) is 0 Å². The highest BCUT2D eigenvalue weighted by molar-refractivity contribution is 6.21. The molecule has 0 aliphatic carbocycles. The van der Waals surface area contributed by atoms with Gasteiger partial charge in [-0.05, 0) is 36.6 Å². The molecule has 1 heterocycles. The Morgan fingerprint density at radius 2 is 1.50 bits per heavy atom. The van der Waals surface area contributed by atoms with E-state index in [-0.39, 0.29) is 11.8 Å². The highest BCUT2D eigenvalue weighted by Gasteiger charge is 2.34. The third-order valence-corrected chi connectivity index (χ3v) is 3.95. The number of carbonyl (C=O) groups excluding carboxylic acids is 2. The Hall–Kier alpha value is -2.68. The molecule has 3 rings (SSSR count). The Bertz CT molecular complexity index is 724. The summed E-state index contributed by atoms with van der Waals surface area (Å²) in [6.45, 7) is 6.28. The summed E-state index contributed by atoms with van der Waals surface area (Å²) in [6, 6.07) is 15.0. The summed E-state index contributed by atoms with van der Waals surface area (Å²) in [6.07, 6.45) is 0.655. The number of imide groups is 1. The first-order valence-electron chi connectivity index (χ1n) is 7.28. The zero-order valence-electron chi connectivity index (χ0n) is 12.5. The van der Waals surface area contributed by atoms with E-state index in [2.05, 4.69) is 6.58 Å². The summed E-state index contributed by atoms with van der Waals surface area (Å²) in [5.41, 5.74) is 4.23. The van der Waals surface area contributed by atoms with Gasteiger partial charge in [-0.15, -0.1) is 0 Å². The predicted molar refractivity (Wildman–Crippen MR) is 86.7 cm³/mol. The van der Waals surface area contributed by atoms with Crippen molar-refractivity contribution in [2.45, 2.75) is 13.3 Å². The summed E-state index contributed by atoms with van der Waals surface area (Å²) < 4.78 is 0. The van der Waals surface area contributed by atoms with Gasteiger partial charge in [0.25, 0.3) is 11.8 Å². The van der Waals surface area contributed by atoms with Gasteiger partial charge in [0.1, 0.15) is 0 Å². The van der Waals surface area contributed by atoms with Gasteiger partial charge in [0, 0.05) is 6.54 Å². The third-order valence-electron chi connectivity index (χ3n) is 3.95. The van der Waals surface area contributed by atoms with Crippen LogP contribution in [-0.2, 0) is 6.42 Å². The second kappa shape index (κ2) is 5.60. The average Bonchev–Trinajstić information content (AvgIpc) is 2.78. The molecule has 0 aromatic heterocycles. The minimum absolute atomic E-state index is 0.195. The summed E-state index contributed by atoms with van der Waals surface area (Å²) >= 11 is 0. The molecule has 3 heteroatoms. The van der Waals surface area contributed by atoms with Gasteiger partial charge < -0.3 is 0 Å². The number of benzene rings is 2. The predicted octanol–water partition coefficient (Wildman–Crippen LogP) is 3.56. The van der Waals surface area contributed by atoms with Gasteiger partial charge in [-0.2, -0.15) is 0 Å². The number of carbonyl (C=O) groups is 2. The van der Waals surface area contributed by atoms with Crippen LogP contribution >= 0.6 is 0 Å². The smallest absolute Gasteiger partial charge is 0.261 e. The van der Waals surface area contributed by atoms with E-state index in [1.54, 1.807) is 24.3 Å². The standard InChI is InChI=1S/C19H17NO2/c1-13(2)15-9-7-14(8-10-15)11-12-20-18(21)16-5-3-4-6-17(16)19(20)22/h3-10H,1,11-12H2,2H3. The van der Waals surface area contributed by atoms with Crippen molar-refractivity contribution in [1.82, 2.24) is 4.90 Å². The number of amides is 2. The van der Waals surface area contributed by atoms with Crippen LogP contribution in [0.1, 0.15) is 38.8 Å². The van der Waals surface area contributed by atoms with E-state index in [1.807, 2.05) is 31.2 Å². The summed E-state index contributed by atoms with van der Waals surface area (Å²) in [4.78, 5) is 25.9. The van der Waals surface area contributed by atoms with Crippen molar-refractivity contribution >= 4 is 17.4 Å². The maximum atomic E-state index is 12.3. The molecule has 22 heavy (non-hydrogen) atoms. The molecule has 2 amide bonds. The summed E-state index contributed by atoms with van der Waals surface area (Å²) in [5, 5.41) is 0. The third kappa shape index (κ3) is 2.46. The fraction of sp³-hybridized carbons (Fsp3) is 0.158. The van der Waals surface area contributed by atoms with Gasteiger partial charge in [0.2, 0.25) is 0 Å². The first-order valence-corrected chi connectivity index (χ1v) is 7.28. The monoisotopic (exact) mass is 291 g/mol. The Morgan fingerprint density at radius 1 is 0.955 bits per heavy atom. The fourth-order valence-electron chi connectivity index (χ4n) is 2.64. The molecule has 2 aromatic carbocycles. The molecular weight excluding hydrogens is 274 g/mol. The second-order valence-corrected chi connectivity index (χ2v) is 5.53. The zero-order valence-corrected chi connectivity index (χ0v) is 12.5. The van der Waals surface area contributed by atoms with E-state index in [9.17, 15) is 9.59 Å². The average molecular weight is 291 g/mol. The molecule has 0 unspecified atom stereocenters. The number of allylic oxidation sites excluding steroid dienone is 1. The van der Waals surface area contributed by atoms with Gasteiger partial charge >= 0.3 is 0 Å². The van der Waals surface area contributed by atoms with Crippen molar-refractivity contribution < 1.29 is 9.59 Å². The Kier molecular flexibility index (Phi) is 3.63. The van der Waals surface area contributed by atoms with E-state index >= 15 is 0 Å². The molecule has 0 fully saturated rings. The lowest BCUT2D eigenvalue weighted by atomic mass is 10.1. The maximum absolute atomic E-state index is 12.3. The fourth-order valence-corrected chi connectivity index (χ4v) is 2.64. The number of rotatable bonds is 4. The molecule has 0 saturated carbocycles. The van der Waals surface area contributed by atoms with Gasteiger partial charge in [0.15, 0.2) is 0 Å². The molecule has 0 N–H and O–H groups in total. The molecule has 110 valence electrons. The van der Waals surface area contributed by atoms with Crippen LogP contribution in [0.2, 0.25) is 0 Å². The van der Waals surface area contributed by atoms with E-state index < -0.39 is 0 Å². The molecule has 3 nitrogen and oxygen atoms in total. The minimum atomic E-state index is -0.195. The van der Waals surface area contributed by atoms with Crippen molar-refractivity contribution in [3.05, 3.63) is 77.4 Å². The number of fused-ring (bicyclic) bond motifs is 1. The van der Waals surface area contributed by atoms with Crippen molar-refractivity contribution in [1.29, 1.82) is 0 Å². The molecule has 0 radical (unpaired) electrons. The van der Waals surface area contributed by atoms with Crippen molar-refractivity contribution in [3.8, 4) is 0 Å². The van der Waals surface area contributed by atoms with Crippen LogP contribution in [0.4, 0.5) is 0 Å². The lowest BCUT2D eigenvalue weighted by Gasteiger charge is -2.13. The van der Waals surface area contributed by atoms with Gasteiger partial charge in [-0.25, -0.2) is 0 Å². The molecule has 0 atom stereocenters. The molecular formula is C19H17NO2. The van der Waals surface area contributed by atoms with Crippen LogP contribution in [0, 0.1) is 0 Å². The number of nitrogens with zero attached hydrogens (tertiary/aromatic N) is 1. The highest BCUT2D eigenvalue weighted by Crippen LogP contribution is 2.22. The SMILES string of the molecule is C=C(C)c1ccc(CCN2C(=O)c3ccccc3C2=O)cc1. The lowest BCUT2D eigenvalue weighted by molar-refractivity contribution is 0.0656. The normalized spacial score (nSPS) is 13.4. The Labute approximate surface area is 129 Å². The van der Waals surface area contributed by atoms with Crippen LogP contribution in [-0.4, -0.2) is 23.3 Å². The van der Waals surface area contributed by atoms with E-state index in [4.69, 9.17) is 0 Å². The van der Waals surface area contributed by atoms with Crippen LogP contribution < -0.4 is 0 Å². The first kappa shape index (κ1) is 14.3. The van der Waals surface area contributed by atoms with Crippen LogP contribution in [0.3, 0.4) is 0 Å².